The van der Waals surface area contributed by atoms with Gasteiger partial charge in [0.15, 0.2) is 0 Å². The van der Waals surface area contributed by atoms with Gasteiger partial charge in [-0.05, 0) is 30.4 Å². The van der Waals surface area contributed by atoms with Crippen molar-refractivity contribution in [2.24, 2.45) is 0 Å². The summed E-state index contributed by atoms with van der Waals surface area (Å²) in [6.45, 7) is 0. The van der Waals surface area contributed by atoms with Gasteiger partial charge < -0.3 is 5.73 Å². The third kappa shape index (κ3) is 2.48. The molecule has 0 radical (unpaired) electrons. The van der Waals surface area contributed by atoms with Crippen LogP contribution in [0.15, 0.2) is 18.3 Å². The van der Waals surface area contributed by atoms with Crippen LogP contribution >= 0.6 is 24.8 Å². The number of aromatic nitrogens is 1. The molecule has 0 amide bonds. The molecule has 0 aliphatic heterocycles. The number of nitrogen functional groups attached to an aromatic ring is 1. The van der Waals surface area contributed by atoms with Gasteiger partial charge in [-0.2, -0.15) is 0 Å². The van der Waals surface area contributed by atoms with Crippen molar-refractivity contribution >= 4 is 30.6 Å². The molecule has 1 heterocycles. The first kappa shape index (κ1) is 12.5. The number of rotatable bonds is 1. The van der Waals surface area contributed by atoms with Crippen molar-refractivity contribution in [1.82, 2.24) is 4.98 Å². The van der Waals surface area contributed by atoms with Gasteiger partial charge in [0.1, 0.15) is 5.82 Å². The zero-order chi connectivity index (χ0) is 7.68. The van der Waals surface area contributed by atoms with Gasteiger partial charge >= 0.3 is 0 Å². The fourth-order valence-corrected chi connectivity index (χ4v) is 1.49. The number of nitrogens with zero attached hydrogens (tertiary/aromatic N) is 1. The number of hydrogen-bond acceptors (Lipinski definition) is 2. The van der Waals surface area contributed by atoms with Crippen molar-refractivity contribution in [3.63, 3.8) is 0 Å². The fraction of sp³-hybridized carbons (Fsp3) is 0.444. The van der Waals surface area contributed by atoms with E-state index in [1.165, 1.54) is 24.8 Å². The molecular weight excluding hydrogens is 207 g/mol. The smallest absolute Gasteiger partial charge is 0.126 e. The predicted octanol–water partition coefficient (Wildman–Crippen LogP) is 2.77. The molecule has 0 spiro atoms. The summed E-state index contributed by atoms with van der Waals surface area (Å²) >= 11 is 0. The molecule has 2 rings (SSSR count). The first-order chi connectivity index (χ1) is 5.38. The summed E-state index contributed by atoms with van der Waals surface area (Å²) in [4.78, 5) is 4.06. The molecule has 1 fully saturated rings. The van der Waals surface area contributed by atoms with Crippen molar-refractivity contribution in [3.05, 3.63) is 23.9 Å². The van der Waals surface area contributed by atoms with E-state index in [0.29, 0.717) is 5.92 Å². The van der Waals surface area contributed by atoms with Gasteiger partial charge in [-0.1, -0.05) is 12.5 Å². The first-order valence-corrected chi connectivity index (χ1v) is 4.08. The highest BCUT2D eigenvalue weighted by Gasteiger charge is 2.21. The highest BCUT2D eigenvalue weighted by Crippen LogP contribution is 2.37. The number of pyridine rings is 1. The van der Waals surface area contributed by atoms with Crippen molar-refractivity contribution in [1.29, 1.82) is 0 Å². The monoisotopic (exact) mass is 220 g/mol. The first-order valence-electron chi connectivity index (χ1n) is 4.08. The molecule has 0 saturated heterocycles. The van der Waals surface area contributed by atoms with Gasteiger partial charge in [-0.25, -0.2) is 4.98 Å². The molecular formula is C9H14Cl2N2. The average Bonchev–Trinajstić information content (AvgIpc) is 1.90. The lowest BCUT2D eigenvalue weighted by Gasteiger charge is -2.26. The van der Waals surface area contributed by atoms with Crippen molar-refractivity contribution in [3.8, 4) is 0 Å². The largest absolute Gasteiger partial charge is 0.383 e. The third-order valence-electron chi connectivity index (χ3n) is 2.42. The maximum Gasteiger partial charge on any atom is 0.126 e. The van der Waals surface area contributed by atoms with Crippen LogP contribution in [0.3, 0.4) is 0 Å². The molecule has 4 heteroatoms. The van der Waals surface area contributed by atoms with E-state index in [1.54, 1.807) is 6.20 Å². The molecule has 13 heavy (non-hydrogen) atoms. The minimum atomic E-state index is 0. The van der Waals surface area contributed by atoms with E-state index in [4.69, 9.17) is 5.73 Å². The van der Waals surface area contributed by atoms with Gasteiger partial charge in [0.2, 0.25) is 0 Å². The normalized spacial score (nSPS) is 15.1. The molecule has 0 unspecified atom stereocenters. The quantitative estimate of drug-likeness (QED) is 0.791. The van der Waals surface area contributed by atoms with Crippen LogP contribution < -0.4 is 5.73 Å². The summed E-state index contributed by atoms with van der Waals surface area (Å²) in [6.07, 6.45) is 5.67. The van der Waals surface area contributed by atoms with Crippen LogP contribution in [0.5, 0.6) is 0 Å². The Kier molecular flexibility index (Phi) is 5.11. The molecule has 1 aliphatic carbocycles. The number of anilines is 1. The van der Waals surface area contributed by atoms with Gasteiger partial charge in [0.25, 0.3) is 0 Å². The summed E-state index contributed by atoms with van der Waals surface area (Å²) in [6, 6.07) is 4.05. The Labute approximate surface area is 90.8 Å². The highest BCUT2D eigenvalue weighted by atomic mass is 35.5. The fourth-order valence-electron chi connectivity index (χ4n) is 1.49. The van der Waals surface area contributed by atoms with E-state index in [2.05, 4.69) is 11.1 Å². The Balaban J connectivity index is 0.000000720. The van der Waals surface area contributed by atoms with Crippen LogP contribution in [0.1, 0.15) is 30.7 Å². The molecule has 0 atom stereocenters. The van der Waals surface area contributed by atoms with E-state index in [1.807, 2.05) is 6.07 Å². The van der Waals surface area contributed by atoms with Crippen LogP contribution in [-0.2, 0) is 0 Å². The summed E-state index contributed by atoms with van der Waals surface area (Å²) < 4.78 is 0. The average molecular weight is 221 g/mol. The molecule has 0 aromatic carbocycles. The molecule has 2 N–H and O–H groups in total. The van der Waals surface area contributed by atoms with E-state index < -0.39 is 0 Å². The second kappa shape index (κ2) is 5.30. The SMILES string of the molecule is Cl.Cl.Nc1ncccc1C1CCC1. The van der Waals surface area contributed by atoms with E-state index in [0.717, 1.165) is 5.82 Å². The van der Waals surface area contributed by atoms with Crippen molar-refractivity contribution in [2.45, 2.75) is 25.2 Å². The van der Waals surface area contributed by atoms with Crippen LogP contribution in [0.2, 0.25) is 0 Å². The molecule has 1 saturated carbocycles. The number of hydrogen-bond donors (Lipinski definition) is 1. The minimum Gasteiger partial charge on any atom is -0.383 e. The van der Waals surface area contributed by atoms with Crippen LogP contribution in [0, 0.1) is 0 Å². The van der Waals surface area contributed by atoms with E-state index in [-0.39, 0.29) is 24.8 Å². The van der Waals surface area contributed by atoms with Gasteiger partial charge in [0.05, 0.1) is 0 Å². The lowest BCUT2D eigenvalue weighted by Crippen LogP contribution is -2.11. The third-order valence-corrected chi connectivity index (χ3v) is 2.42. The van der Waals surface area contributed by atoms with E-state index >= 15 is 0 Å². The van der Waals surface area contributed by atoms with Gasteiger partial charge in [-0.3, -0.25) is 0 Å². The summed E-state index contributed by atoms with van der Waals surface area (Å²) in [5.74, 6) is 1.42. The molecule has 2 nitrogen and oxygen atoms in total. The molecule has 1 aliphatic rings. The Bertz CT molecular complexity index is 262. The second-order valence-corrected chi connectivity index (χ2v) is 3.11. The molecule has 74 valence electrons. The topological polar surface area (TPSA) is 38.9 Å². The zero-order valence-electron chi connectivity index (χ0n) is 7.27. The standard InChI is InChI=1S/C9H12N2.2ClH/c10-9-8(5-2-6-11-9)7-3-1-4-7;;/h2,5-7H,1,3-4H2,(H2,10,11);2*1H. The summed E-state index contributed by atoms with van der Waals surface area (Å²) in [7, 11) is 0. The predicted molar refractivity (Wildman–Crippen MR) is 59.7 cm³/mol. The minimum absolute atomic E-state index is 0. The highest BCUT2D eigenvalue weighted by molar-refractivity contribution is 5.85. The second-order valence-electron chi connectivity index (χ2n) is 3.11. The Morgan fingerprint density at radius 3 is 2.46 bits per heavy atom. The van der Waals surface area contributed by atoms with Crippen LogP contribution in [0.25, 0.3) is 0 Å². The zero-order valence-corrected chi connectivity index (χ0v) is 8.90. The summed E-state index contributed by atoms with van der Waals surface area (Å²) in [5, 5.41) is 0. The Hall–Kier alpha value is -0.470. The lowest BCUT2D eigenvalue weighted by atomic mass is 9.80. The van der Waals surface area contributed by atoms with Gasteiger partial charge in [-0.15, -0.1) is 24.8 Å². The molecule has 1 aromatic rings. The van der Waals surface area contributed by atoms with Gasteiger partial charge in [0, 0.05) is 6.20 Å². The van der Waals surface area contributed by atoms with Crippen molar-refractivity contribution in [2.75, 3.05) is 5.73 Å². The summed E-state index contributed by atoms with van der Waals surface area (Å²) in [5.41, 5.74) is 6.97. The van der Waals surface area contributed by atoms with Crippen LogP contribution in [-0.4, -0.2) is 4.98 Å². The van der Waals surface area contributed by atoms with Crippen LogP contribution in [0.4, 0.5) is 5.82 Å². The lowest BCUT2D eigenvalue weighted by molar-refractivity contribution is 0.420. The number of nitrogens with two attached hydrogens (primary N) is 1. The Morgan fingerprint density at radius 2 is 2.00 bits per heavy atom. The molecule has 1 aromatic heterocycles. The Morgan fingerprint density at radius 1 is 1.31 bits per heavy atom. The van der Waals surface area contributed by atoms with E-state index in [9.17, 15) is 0 Å². The maximum absolute atomic E-state index is 5.72. The number of halogens is 2. The van der Waals surface area contributed by atoms with Crippen molar-refractivity contribution < 1.29 is 0 Å². The maximum atomic E-state index is 5.72. The molecule has 0 bridgehead atoms.